The molecule has 0 aliphatic carbocycles. The SMILES string of the molecule is COc1ccc(CNC(=O)Cn2nc3c(c2C)N(C)S(=O)(=O)c2ccccc2-3)cc1. The molecule has 9 heteroatoms. The van der Waals surface area contributed by atoms with Crippen LogP contribution >= 0.6 is 0 Å². The minimum Gasteiger partial charge on any atom is -0.497 e. The number of nitrogens with zero attached hydrogens (tertiary/aromatic N) is 3. The van der Waals surface area contributed by atoms with Crippen LogP contribution in [0.2, 0.25) is 0 Å². The van der Waals surface area contributed by atoms with Gasteiger partial charge >= 0.3 is 0 Å². The first kappa shape index (κ1) is 20.0. The molecule has 1 aliphatic heterocycles. The van der Waals surface area contributed by atoms with Gasteiger partial charge in [0.25, 0.3) is 10.0 Å². The average molecular weight is 426 g/mol. The summed E-state index contributed by atoms with van der Waals surface area (Å²) in [5.74, 6) is 0.537. The Bertz CT molecular complexity index is 1220. The molecule has 1 N–H and O–H groups in total. The number of sulfonamides is 1. The molecule has 8 nitrogen and oxygen atoms in total. The number of nitrogens with one attached hydrogen (secondary N) is 1. The number of aromatic nitrogens is 2. The van der Waals surface area contributed by atoms with E-state index < -0.39 is 10.0 Å². The molecule has 1 aromatic heterocycles. The van der Waals surface area contributed by atoms with Gasteiger partial charge in [-0.2, -0.15) is 5.10 Å². The Morgan fingerprint density at radius 2 is 1.83 bits per heavy atom. The van der Waals surface area contributed by atoms with Crippen molar-refractivity contribution in [3.8, 4) is 17.0 Å². The first-order valence-electron chi connectivity index (χ1n) is 9.38. The van der Waals surface area contributed by atoms with Crippen LogP contribution < -0.4 is 14.4 Å². The summed E-state index contributed by atoms with van der Waals surface area (Å²) in [6.07, 6.45) is 0. The van der Waals surface area contributed by atoms with E-state index in [9.17, 15) is 13.2 Å². The largest absolute Gasteiger partial charge is 0.497 e. The van der Waals surface area contributed by atoms with Crippen LogP contribution in [0.5, 0.6) is 5.75 Å². The van der Waals surface area contributed by atoms with Gasteiger partial charge in [0.15, 0.2) is 0 Å². The average Bonchev–Trinajstić information content (AvgIpc) is 3.07. The number of benzene rings is 2. The van der Waals surface area contributed by atoms with Crippen LogP contribution in [0.4, 0.5) is 5.69 Å². The van der Waals surface area contributed by atoms with Crippen LogP contribution in [0.3, 0.4) is 0 Å². The van der Waals surface area contributed by atoms with Gasteiger partial charge in [0.05, 0.1) is 17.7 Å². The molecule has 2 aromatic carbocycles. The van der Waals surface area contributed by atoms with E-state index in [-0.39, 0.29) is 17.3 Å². The third-order valence-electron chi connectivity index (χ3n) is 5.21. The Labute approximate surface area is 175 Å². The molecule has 0 spiro atoms. The highest BCUT2D eigenvalue weighted by atomic mass is 32.2. The van der Waals surface area contributed by atoms with Crippen molar-refractivity contribution < 1.29 is 17.9 Å². The summed E-state index contributed by atoms with van der Waals surface area (Å²) in [4.78, 5) is 12.7. The van der Waals surface area contributed by atoms with Crippen LogP contribution in [0, 0.1) is 6.92 Å². The van der Waals surface area contributed by atoms with Crippen molar-refractivity contribution in [2.45, 2.75) is 24.9 Å². The number of carbonyl (C=O) groups excluding carboxylic acids is 1. The summed E-state index contributed by atoms with van der Waals surface area (Å²) in [6.45, 7) is 2.13. The van der Waals surface area contributed by atoms with Crippen LogP contribution in [-0.2, 0) is 27.9 Å². The van der Waals surface area contributed by atoms with Crippen molar-refractivity contribution in [1.82, 2.24) is 15.1 Å². The minimum absolute atomic E-state index is 0.00889. The van der Waals surface area contributed by atoms with Crippen molar-refractivity contribution in [2.75, 3.05) is 18.5 Å². The molecule has 30 heavy (non-hydrogen) atoms. The molecule has 0 saturated carbocycles. The highest BCUT2D eigenvalue weighted by Gasteiger charge is 2.36. The lowest BCUT2D eigenvalue weighted by atomic mass is 10.1. The molecule has 2 heterocycles. The first-order chi connectivity index (χ1) is 14.3. The van der Waals surface area contributed by atoms with E-state index in [1.165, 1.54) is 11.4 Å². The summed E-state index contributed by atoms with van der Waals surface area (Å²) >= 11 is 0. The van der Waals surface area contributed by atoms with Crippen molar-refractivity contribution in [2.24, 2.45) is 0 Å². The molecule has 1 amide bonds. The summed E-state index contributed by atoms with van der Waals surface area (Å²) in [5.41, 5.74) is 3.16. The third kappa shape index (κ3) is 3.30. The van der Waals surface area contributed by atoms with Gasteiger partial charge in [0.1, 0.15) is 23.7 Å². The highest BCUT2D eigenvalue weighted by molar-refractivity contribution is 7.93. The maximum atomic E-state index is 12.9. The van der Waals surface area contributed by atoms with E-state index in [1.807, 2.05) is 24.3 Å². The zero-order chi connectivity index (χ0) is 21.5. The summed E-state index contributed by atoms with van der Waals surface area (Å²) in [5, 5.41) is 7.43. The zero-order valence-corrected chi connectivity index (χ0v) is 17.7. The second-order valence-corrected chi connectivity index (χ2v) is 8.97. The summed E-state index contributed by atoms with van der Waals surface area (Å²) < 4.78 is 33.6. The number of anilines is 1. The maximum absolute atomic E-state index is 12.9. The molecule has 0 radical (unpaired) electrons. The molecule has 0 bridgehead atoms. The van der Waals surface area contributed by atoms with Gasteiger partial charge in [-0.05, 0) is 30.7 Å². The molecule has 0 unspecified atom stereocenters. The molecule has 0 atom stereocenters. The molecular weight excluding hydrogens is 404 g/mol. The Morgan fingerprint density at radius 1 is 1.13 bits per heavy atom. The van der Waals surface area contributed by atoms with E-state index >= 15 is 0 Å². The second kappa shape index (κ2) is 7.49. The molecule has 0 fully saturated rings. The second-order valence-electron chi connectivity index (χ2n) is 7.03. The number of carbonyl (C=O) groups is 1. The van der Waals surface area contributed by atoms with Crippen molar-refractivity contribution >= 4 is 21.6 Å². The minimum atomic E-state index is -3.65. The number of rotatable bonds is 5. The van der Waals surface area contributed by atoms with Crippen LogP contribution in [0.25, 0.3) is 11.3 Å². The fourth-order valence-electron chi connectivity index (χ4n) is 3.54. The molecule has 4 rings (SSSR count). The molecule has 0 saturated heterocycles. The van der Waals surface area contributed by atoms with E-state index in [0.29, 0.717) is 29.2 Å². The van der Waals surface area contributed by atoms with Crippen molar-refractivity contribution in [3.63, 3.8) is 0 Å². The molecular formula is C21H22N4O4S. The highest BCUT2D eigenvalue weighted by Crippen LogP contribution is 2.43. The number of amides is 1. The van der Waals surface area contributed by atoms with E-state index in [4.69, 9.17) is 4.74 Å². The normalized spacial score (nSPS) is 14.0. The Balaban J connectivity index is 1.56. The lowest BCUT2D eigenvalue weighted by molar-refractivity contribution is -0.122. The Morgan fingerprint density at radius 3 is 2.53 bits per heavy atom. The fraction of sp³-hybridized carbons (Fsp3) is 0.238. The topological polar surface area (TPSA) is 93.5 Å². The monoisotopic (exact) mass is 426 g/mol. The van der Waals surface area contributed by atoms with Gasteiger partial charge in [-0.1, -0.05) is 30.3 Å². The Kier molecular flexibility index (Phi) is 4.98. The van der Waals surface area contributed by atoms with Gasteiger partial charge in [-0.15, -0.1) is 0 Å². The van der Waals surface area contributed by atoms with Gasteiger partial charge in [-0.3, -0.25) is 13.8 Å². The van der Waals surface area contributed by atoms with Gasteiger partial charge < -0.3 is 10.1 Å². The third-order valence-corrected chi connectivity index (χ3v) is 7.03. The lowest BCUT2D eigenvalue weighted by Gasteiger charge is -2.26. The lowest BCUT2D eigenvalue weighted by Crippen LogP contribution is -2.30. The van der Waals surface area contributed by atoms with Crippen LogP contribution in [-0.4, -0.2) is 38.3 Å². The number of hydrogen-bond donors (Lipinski definition) is 1. The zero-order valence-electron chi connectivity index (χ0n) is 16.9. The number of ether oxygens (including phenoxy) is 1. The predicted octanol–water partition coefficient (Wildman–Crippen LogP) is 2.32. The van der Waals surface area contributed by atoms with E-state index in [0.717, 1.165) is 11.3 Å². The first-order valence-corrected chi connectivity index (χ1v) is 10.8. The van der Waals surface area contributed by atoms with E-state index in [1.54, 1.807) is 43.0 Å². The number of hydrogen-bond acceptors (Lipinski definition) is 5. The van der Waals surface area contributed by atoms with Crippen molar-refractivity contribution in [1.29, 1.82) is 0 Å². The quantitative estimate of drug-likeness (QED) is 0.676. The van der Waals surface area contributed by atoms with Crippen LogP contribution in [0.1, 0.15) is 11.3 Å². The predicted molar refractivity (Wildman–Crippen MR) is 113 cm³/mol. The fourth-order valence-corrected chi connectivity index (χ4v) is 4.99. The summed E-state index contributed by atoms with van der Waals surface area (Å²) in [6, 6.07) is 14.2. The van der Waals surface area contributed by atoms with Gasteiger partial charge in [0.2, 0.25) is 5.91 Å². The standard InChI is InChI=1S/C21H22N4O4S/c1-14-21-20(17-6-4-5-7-18(17)30(27,28)24(21)2)23-25(14)13-19(26)22-12-15-8-10-16(29-3)11-9-15/h4-11H,12-13H2,1-3H3,(H,22,26). The molecule has 3 aromatic rings. The summed E-state index contributed by atoms with van der Waals surface area (Å²) in [7, 11) is -0.547. The van der Waals surface area contributed by atoms with Gasteiger partial charge in [-0.25, -0.2) is 8.42 Å². The number of fused-ring (bicyclic) bond motifs is 3. The molecule has 156 valence electrons. The maximum Gasteiger partial charge on any atom is 0.264 e. The van der Waals surface area contributed by atoms with Gasteiger partial charge in [0, 0.05) is 19.2 Å². The van der Waals surface area contributed by atoms with E-state index in [2.05, 4.69) is 10.4 Å². The Hall–Kier alpha value is -3.33. The van der Waals surface area contributed by atoms with Crippen molar-refractivity contribution in [3.05, 3.63) is 59.8 Å². The molecule has 1 aliphatic rings. The number of methoxy groups -OCH3 is 1. The smallest absolute Gasteiger partial charge is 0.264 e. The van der Waals surface area contributed by atoms with Crippen LogP contribution in [0.15, 0.2) is 53.4 Å².